The molecule has 0 saturated carbocycles. The van der Waals surface area contributed by atoms with E-state index in [1.54, 1.807) is 0 Å². The second-order valence-electron chi connectivity index (χ2n) is 9.67. The van der Waals surface area contributed by atoms with E-state index in [9.17, 15) is 9.59 Å². The fraction of sp³-hybridized carbons (Fsp3) is 0.538. The lowest BCUT2D eigenvalue weighted by atomic mass is 9.92. The summed E-state index contributed by atoms with van der Waals surface area (Å²) in [5.41, 5.74) is 5.23. The van der Waals surface area contributed by atoms with Gasteiger partial charge in [-0.05, 0) is 75.8 Å². The molecule has 2 aliphatic rings. The van der Waals surface area contributed by atoms with Gasteiger partial charge in [-0.1, -0.05) is 12.1 Å². The molecule has 2 amide bonds. The first-order valence-electron chi connectivity index (χ1n) is 11.9. The van der Waals surface area contributed by atoms with Gasteiger partial charge < -0.3 is 19.7 Å². The predicted octanol–water partition coefficient (Wildman–Crippen LogP) is 3.92. The number of aromatic amines is 1. The predicted molar refractivity (Wildman–Crippen MR) is 128 cm³/mol. The molecule has 6 nitrogen and oxygen atoms in total. The minimum absolute atomic E-state index is 0.0847. The van der Waals surface area contributed by atoms with Crippen molar-refractivity contribution in [3.63, 3.8) is 0 Å². The molecule has 2 aromatic rings. The fourth-order valence-corrected chi connectivity index (χ4v) is 5.20. The van der Waals surface area contributed by atoms with Crippen LogP contribution in [0.5, 0.6) is 0 Å². The number of benzene rings is 1. The van der Waals surface area contributed by atoms with Crippen molar-refractivity contribution in [3.05, 3.63) is 52.8 Å². The Bertz CT molecular complexity index is 974. The smallest absolute Gasteiger partial charge is 0.270 e. The summed E-state index contributed by atoms with van der Waals surface area (Å²) in [6, 6.07) is 10.9. The number of nitrogens with zero attached hydrogens (tertiary/aromatic N) is 3. The fourth-order valence-electron chi connectivity index (χ4n) is 5.20. The van der Waals surface area contributed by atoms with Crippen LogP contribution in [-0.4, -0.2) is 65.4 Å². The second-order valence-corrected chi connectivity index (χ2v) is 9.67. The van der Waals surface area contributed by atoms with E-state index in [2.05, 4.69) is 48.0 Å². The summed E-state index contributed by atoms with van der Waals surface area (Å²) in [6.07, 6.45) is 2.39. The Hall–Kier alpha value is -2.76. The number of aromatic nitrogens is 1. The maximum absolute atomic E-state index is 13.0. The average Bonchev–Trinajstić information content (AvgIpc) is 3.11. The Labute approximate surface area is 191 Å². The van der Waals surface area contributed by atoms with E-state index in [0.29, 0.717) is 24.1 Å². The molecule has 1 aromatic carbocycles. The van der Waals surface area contributed by atoms with Crippen LogP contribution >= 0.6 is 0 Å². The standard InChI is InChI=1S/C26H36N4O2/c1-18-6-5-7-23(14-18)30-13-12-29(17-21(30)4)24(31)16-22-8-10-28(11-9-22)26(32)25-19(2)15-20(3)27-25/h5-7,14-15,21-22,27H,8-13,16-17H2,1-4H3/t21-/m0/s1. The topological polar surface area (TPSA) is 59.6 Å². The quantitative estimate of drug-likeness (QED) is 0.790. The van der Waals surface area contributed by atoms with Crippen LogP contribution in [0.15, 0.2) is 30.3 Å². The summed E-state index contributed by atoms with van der Waals surface area (Å²) in [5.74, 6) is 0.714. The molecular weight excluding hydrogens is 400 g/mol. The van der Waals surface area contributed by atoms with Crippen LogP contribution in [0.4, 0.5) is 5.69 Å². The van der Waals surface area contributed by atoms with Crippen molar-refractivity contribution in [2.24, 2.45) is 5.92 Å². The van der Waals surface area contributed by atoms with Crippen LogP contribution in [0.3, 0.4) is 0 Å². The van der Waals surface area contributed by atoms with Gasteiger partial charge in [0.05, 0.1) is 0 Å². The molecule has 3 heterocycles. The number of anilines is 1. The number of hydrogen-bond donors (Lipinski definition) is 1. The highest BCUT2D eigenvalue weighted by atomic mass is 16.2. The zero-order valence-electron chi connectivity index (χ0n) is 19.9. The normalized spacial score (nSPS) is 20.0. The number of likely N-dealkylation sites (tertiary alicyclic amines) is 1. The summed E-state index contributed by atoms with van der Waals surface area (Å²) < 4.78 is 0. The SMILES string of the molecule is Cc1cccc(N2CCN(C(=O)CC3CCN(C(=O)c4[nH]c(C)cc4C)CC3)C[C@@H]2C)c1. The second kappa shape index (κ2) is 9.39. The Balaban J connectivity index is 1.26. The van der Waals surface area contributed by atoms with Crippen molar-refractivity contribution >= 4 is 17.5 Å². The third kappa shape index (κ3) is 4.84. The Morgan fingerprint density at radius 2 is 1.75 bits per heavy atom. The van der Waals surface area contributed by atoms with Crippen molar-refractivity contribution in [2.75, 3.05) is 37.6 Å². The number of carbonyl (C=O) groups excluding carboxylic acids is 2. The van der Waals surface area contributed by atoms with Crippen molar-refractivity contribution < 1.29 is 9.59 Å². The first kappa shape index (κ1) is 22.4. The van der Waals surface area contributed by atoms with Crippen molar-refractivity contribution in [1.82, 2.24) is 14.8 Å². The van der Waals surface area contributed by atoms with Crippen LogP contribution in [0.2, 0.25) is 0 Å². The van der Waals surface area contributed by atoms with Crippen LogP contribution in [-0.2, 0) is 4.79 Å². The van der Waals surface area contributed by atoms with Crippen molar-refractivity contribution in [1.29, 1.82) is 0 Å². The highest BCUT2D eigenvalue weighted by Crippen LogP contribution is 2.26. The minimum Gasteiger partial charge on any atom is -0.365 e. The van der Waals surface area contributed by atoms with Gasteiger partial charge in [0.25, 0.3) is 5.91 Å². The molecule has 0 bridgehead atoms. The lowest BCUT2D eigenvalue weighted by Crippen LogP contribution is -2.54. The molecule has 0 unspecified atom stereocenters. The molecule has 1 aromatic heterocycles. The molecule has 32 heavy (non-hydrogen) atoms. The van der Waals surface area contributed by atoms with Gasteiger partial charge in [0, 0.05) is 56.6 Å². The van der Waals surface area contributed by atoms with E-state index < -0.39 is 0 Å². The van der Waals surface area contributed by atoms with Crippen LogP contribution in [0.25, 0.3) is 0 Å². The van der Waals surface area contributed by atoms with Crippen LogP contribution < -0.4 is 4.90 Å². The molecule has 0 radical (unpaired) electrons. The number of nitrogens with one attached hydrogen (secondary N) is 1. The molecule has 2 saturated heterocycles. The Kier molecular flexibility index (Phi) is 6.58. The van der Waals surface area contributed by atoms with Gasteiger partial charge >= 0.3 is 0 Å². The molecule has 4 rings (SSSR count). The molecular formula is C26H36N4O2. The van der Waals surface area contributed by atoms with Gasteiger partial charge in [-0.15, -0.1) is 0 Å². The maximum Gasteiger partial charge on any atom is 0.270 e. The van der Waals surface area contributed by atoms with Gasteiger partial charge in [0.15, 0.2) is 0 Å². The third-order valence-electron chi connectivity index (χ3n) is 7.04. The highest BCUT2D eigenvalue weighted by Gasteiger charge is 2.30. The number of carbonyl (C=O) groups is 2. The minimum atomic E-state index is 0.0847. The van der Waals surface area contributed by atoms with Gasteiger partial charge in [0.1, 0.15) is 5.69 Å². The Morgan fingerprint density at radius 1 is 1.00 bits per heavy atom. The number of hydrogen-bond acceptors (Lipinski definition) is 3. The molecule has 2 aliphatic heterocycles. The van der Waals surface area contributed by atoms with Gasteiger partial charge in [-0.3, -0.25) is 9.59 Å². The molecule has 6 heteroatoms. The first-order valence-corrected chi connectivity index (χ1v) is 11.9. The van der Waals surface area contributed by atoms with E-state index in [-0.39, 0.29) is 11.8 Å². The van der Waals surface area contributed by atoms with E-state index in [4.69, 9.17) is 0 Å². The van der Waals surface area contributed by atoms with Crippen molar-refractivity contribution in [2.45, 2.75) is 53.0 Å². The molecule has 2 fully saturated rings. The molecule has 1 N–H and O–H groups in total. The summed E-state index contributed by atoms with van der Waals surface area (Å²) in [5, 5.41) is 0. The van der Waals surface area contributed by atoms with Gasteiger partial charge in [-0.2, -0.15) is 0 Å². The first-order chi connectivity index (χ1) is 15.3. The van der Waals surface area contributed by atoms with E-state index >= 15 is 0 Å². The van der Waals surface area contributed by atoms with Gasteiger partial charge in [0.2, 0.25) is 5.91 Å². The number of H-pyrrole nitrogens is 1. The Morgan fingerprint density at radius 3 is 2.38 bits per heavy atom. The zero-order valence-corrected chi connectivity index (χ0v) is 19.9. The van der Waals surface area contributed by atoms with Gasteiger partial charge in [-0.25, -0.2) is 0 Å². The van der Waals surface area contributed by atoms with E-state index in [1.807, 2.05) is 29.7 Å². The molecule has 1 atom stereocenters. The summed E-state index contributed by atoms with van der Waals surface area (Å²) in [7, 11) is 0. The summed E-state index contributed by atoms with van der Waals surface area (Å²) in [6.45, 7) is 12.2. The van der Waals surface area contributed by atoms with Crippen LogP contribution in [0, 0.1) is 26.7 Å². The zero-order chi connectivity index (χ0) is 22.8. The number of aryl methyl sites for hydroxylation is 3. The number of piperazine rings is 1. The number of amides is 2. The van der Waals surface area contributed by atoms with Crippen LogP contribution in [0.1, 0.15) is 53.5 Å². The highest BCUT2D eigenvalue weighted by molar-refractivity contribution is 5.94. The molecule has 172 valence electrons. The maximum atomic E-state index is 13.0. The number of rotatable bonds is 4. The van der Waals surface area contributed by atoms with E-state index in [0.717, 1.165) is 56.8 Å². The lowest BCUT2D eigenvalue weighted by molar-refractivity contribution is -0.133. The molecule has 0 aliphatic carbocycles. The number of piperidine rings is 1. The summed E-state index contributed by atoms with van der Waals surface area (Å²) >= 11 is 0. The molecule has 0 spiro atoms. The third-order valence-corrected chi connectivity index (χ3v) is 7.04. The lowest BCUT2D eigenvalue weighted by Gasteiger charge is -2.42. The largest absolute Gasteiger partial charge is 0.365 e. The monoisotopic (exact) mass is 436 g/mol. The van der Waals surface area contributed by atoms with Crippen molar-refractivity contribution in [3.8, 4) is 0 Å². The summed E-state index contributed by atoms with van der Waals surface area (Å²) in [4.78, 5) is 35.4. The van der Waals surface area contributed by atoms with E-state index in [1.165, 1.54) is 11.3 Å². The average molecular weight is 437 g/mol.